The van der Waals surface area contributed by atoms with Crippen LogP contribution in [0.3, 0.4) is 0 Å². The SMILES string of the molecule is Cc1ccc(=O)n(CC2CCN(C(=O)c3ccc4nsnc4c3)CC2)n1. The Kier molecular flexibility index (Phi) is 4.50. The van der Waals surface area contributed by atoms with Crippen molar-refractivity contribution in [1.82, 2.24) is 23.4 Å². The number of fused-ring (bicyclic) bond motifs is 1. The number of aryl methyl sites for hydroxylation is 1. The summed E-state index contributed by atoms with van der Waals surface area (Å²) in [7, 11) is 0. The summed E-state index contributed by atoms with van der Waals surface area (Å²) < 4.78 is 9.91. The standard InChI is InChI=1S/C18H19N5O2S/c1-12-2-5-17(24)23(19-12)11-13-6-8-22(9-7-13)18(25)14-3-4-15-16(10-14)21-26-20-15/h2-5,10,13H,6-9,11H2,1H3. The number of nitrogens with zero attached hydrogens (tertiary/aromatic N) is 5. The van der Waals surface area contributed by atoms with Crippen molar-refractivity contribution in [3.8, 4) is 0 Å². The molecule has 1 fully saturated rings. The molecule has 0 bridgehead atoms. The highest BCUT2D eigenvalue weighted by Crippen LogP contribution is 2.21. The Hall–Kier alpha value is -2.61. The first-order chi connectivity index (χ1) is 12.6. The molecule has 0 radical (unpaired) electrons. The lowest BCUT2D eigenvalue weighted by Crippen LogP contribution is -2.40. The Bertz CT molecular complexity index is 1000. The van der Waals surface area contributed by atoms with E-state index in [1.807, 2.05) is 30.0 Å². The summed E-state index contributed by atoms with van der Waals surface area (Å²) >= 11 is 1.15. The second-order valence-corrected chi connectivity index (χ2v) is 7.23. The highest BCUT2D eigenvalue weighted by Gasteiger charge is 2.24. The first kappa shape index (κ1) is 16.8. The number of hydrogen-bond donors (Lipinski definition) is 0. The van der Waals surface area contributed by atoms with Gasteiger partial charge < -0.3 is 4.90 Å². The molecule has 1 saturated heterocycles. The zero-order valence-electron chi connectivity index (χ0n) is 14.5. The van der Waals surface area contributed by atoms with Gasteiger partial charge in [-0.05, 0) is 49.9 Å². The van der Waals surface area contributed by atoms with E-state index in [9.17, 15) is 9.59 Å². The van der Waals surface area contributed by atoms with Gasteiger partial charge in [0.25, 0.3) is 11.5 Å². The van der Waals surface area contributed by atoms with Crippen LogP contribution in [0.25, 0.3) is 11.0 Å². The minimum absolute atomic E-state index is 0.0317. The van der Waals surface area contributed by atoms with Crippen molar-refractivity contribution in [3.63, 3.8) is 0 Å². The smallest absolute Gasteiger partial charge is 0.266 e. The Labute approximate surface area is 154 Å². The summed E-state index contributed by atoms with van der Waals surface area (Å²) in [5.74, 6) is 0.389. The summed E-state index contributed by atoms with van der Waals surface area (Å²) in [5.41, 5.74) is 3.01. The van der Waals surface area contributed by atoms with Crippen molar-refractivity contribution in [2.75, 3.05) is 13.1 Å². The third-order valence-corrected chi connectivity index (χ3v) is 5.39. The maximum Gasteiger partial charge on any atom is 0.266 e. The van der Waals surface area contributed by atoms with E-state index in [-0.39, 0.29) is 11.5 Å². The number of piperidine rings is 1. The summed E-state index contributed by atoms with van der Waals surface area (Å²) in [6.45, 7) is 3.87. The van der Waals surface area contributed by atoms with E-state index in [1.165, 1.54) is 0 Å². The van der Waals surface area contributed by atoms with Gasteiger partial charge in [-0.25, -0.2) is 4.68 Å². The molecule has 3 aromatic rings. The molecule has 0 aliphatic carbocycles. The Morgan fingerprint density at radius 1 is 1.15 bits per heavy atom. The zero-order chi connectivity index (χ0) is 18.1. The van der Waals surface area contributed by atoms with Crippen LogP contribution in [0.5, 0.6) is 0 Å². The highest BCUT2D eigenvalue weighted by atomic mass is 32.1. The van der Waals surface area contributed by atoms with Crippen LogP contribution in [0.2, 0.25) is 0 Å². The van der Waals surface area contributed by atoms with Crippen LogP contribution >= 0.6 is 11.7 Å². The largest absolute Gasteiger partial charge is 0.339 e. The second-order valence-electron chi connectivity index (χ2n) is 6.70. The van der Waals surface area contributed by atoms with Crippen LogP contribution < -0.4 is 5.56 Å². The topological polar surface area (TPSA) is 81.0 Å². The lowest BCUT2D eigenvalue weighted by Gasteiger charge is -2.32. The molecule has 1 aliphatic rings. The van der Waals surface area contributed by atoms with E-state index in [1.54, 1.807) is 16.8 Å². The molecule has 8 heteroatoms. The monoisotopic (exact) mass is 369 g/mol. The Balaban J connectivity index is 1.40. The van der Waals surface area contributed by atoms with E-state index in [2.05, 4.69) is 13.8 Å². The number of aromatic nitrogens is 4. The molecular formula is C18H19N5O2S. The van der Waals surface area contributed by atoms with Gasteiger partial charge in [-0.15, -0.1) is 0 Å². The minimum atomic E-state index is -0.0701. The van der Waals surface area contributed by atoms with E-state index in [0.29, 0.717) is 31.1 Å². The lowest BCUT2D eigenvalue weighted by atomic mass is 9.96. The van der Waals surface area contributed by atoms with Crippen LogP contribution in [-0.2, 0) is 6.54 Å². The van der Waals surface area contributed by atoms with E-state index in [4.69, 9.17) is 0 Å². The van der Waals surface area contributed by atoms with Gasteiger partial charge in [0.05, 0.1) is 17.4 Å². The van der Waals surface area contributed by atoms with Crippen molar-refractivity contribution >= 4 is 28.7 Å². The third kappa shape index (κ3) is 3.37. The van der Waals surface area contributed by atoms with Gasteiger partial charge in [-0.2, -0.15) is 13.8 Å². The second kappa shape index (κ2) is 6.95. The number of carbonyl (C=O) groups is 1. The molecule has 0 unspecified atom stereocenters. The molecule has 1 aliphatic heterocycles. The van der Waals surface area contributed by atoms with Gasteiger partial charge in [0.1, 0.15) is 11.0 Å². The van der Waals surface area contributed by atoms with Gasteiger partial charge in [0.15, 0.2) is 0 Å². The molecule has 0 saturated carbocycles. The number of likely N-dealkylation sites (tertiary alicyclic amines) is 1. The normalized spacial score (nSPS) is 15.5. The van der Waals surface area contributed by atoms with Crippen molar-refractivity contribution in [2.24, 2.45) is 5.92 Å². The van der Waals surface area contributed by atoms with Gasteiger partial charge in [-0.1, -0.05) is 0 Å². The fourth-order valence-electron chi connectivity index (χ4n) is 3.34. The van der Waals surface area contributed by atoms with E-state index < -0.39 is 0 Å². The average molecular weight is 369 g/mol. The molecule has 7 nitrogen and oxygen atoms in total. The molecule has 0 spiro atoms. The first-order valence-electron chi connectivity index (χ1n) is 8.66. The van der Waals surface area contributed by atoms with Crippen molar-refractivity contribution < 1.29 is 4.79 Å². The molecule has 26 heavy (non-hydrogen) atoms. The summed E-state index contributed by atoms with van der Waals surface area (Å²) in [6, 6.07) is 8.76. The van der Waals surface area contributed by atoms with E-state index in [0.717, 1.165) is 41.3 Å². The van der Waals surface area contributed by atoms with Gasteiger partial charge in [0.2, 0.25) is 0 Å². The van der Waals surface area contributed by atoms with Crippen molar-refractivity contribution in [3.05, 3.63) is 51.9 Å². The maximum atomic E-state index is 12.7. The molecule has 0 N–H and O–H groups in total. The Morgan fingerprint density at radius 2 is 1.92 bits per heavy atom. The predicted molar refractivity (Wildman–Crippen MR) is 99.3 cm³/mol. The fraction of sp³-hybridized carbons (Fsp3) is 0.389. The maximum absolute atomic E-state index is 12.7. The quantitative estimate of drug-likeness (QED) is 0.706. The molecule has 4 rings (SSSR count). The summed E-state index contributed by atoms with van der Waals surface area (Å²) in [5, 5.41) is 4.30. The third-order valence-electron chi connectivity index (χ3n) is 4.83. The van der Waals surface area contributed by atoms with Crippen molar-refractivity contribution in [1.29, 1.82) is 0 Å². The molecule has 1 aromatic carbocycles. The molecule has 3 heterocycles. The summed E-state index contributed by atoms with van der Waals surface area (Å²) in [4.78, 5) is 26.5. The van der Waals surface area contributed by atoms with Gasteiger partial charge in [-0.3, -0.25) is 9.59 Å². The van der Waals surface area contributed by atoms with Crippen LogP contribution in [0.4, 0.5) is 0 Å². The fourth-order valence-corrected chi connectivity index (χ4v) is 3.86. The molecular weight excluding hydrogens is 350 g/mol. The van der Waals surface area contributed by atoms with Crippen LogP contribution in [-0.4, -0.2) is 42.4 Å². The number of hydrogen-bond acceptors (Lipinski definition) is 6. The van der Waals surface area contributed by atoms with Crippen LogP contribution in [0.15, 0.2) is 35.1 Å². The van der Waals surface area contributed by atoms with Crippen LogP contribution in [0, 0.1) is 12.8 Å². The molecule has 0 atom stereocenters. The van der Waals surface area contributed by atoms with Crippen LogP contribution in [0.1, 0.15) is 28.9 Å². The molecule has 134 valence electrons. The lowest BCUT2D eigenvalue weighted by molar-refractivity contribution is 0.0680. The van der Waals surface area contributed by atoms with Gasteiger partial charge >= 0.3 is 0 Å². The highest BCUT2D eigenvalue weighted by molar-refractivity contribution is 7.00. The predicted octanol–water partition coefficient (Wildman–Crippen LogP) is 2.11. The average Bonchev–Trinajstić information content (AvgIpc) is 3.12. The minimum Gasteiger partial charge on any atom is -0.339 e. The van der Waals surface area contributed by atoms with Crippen molar-refractivity contribution in [2.45, 2.75) is 26.3 Å². The number of rotatable bonds is 3. The summed E-state index contributed by atoms with van der Waals surface area (Å²) in [6.07, 6.45) is 1.74. The first-order valence-corrected chi connectivity index (χ1v) is 9.39. The zero-order valence-corrected chi connectivity index (χ0v) is 15.3. The number of carbonyl (C=O) groups excluding carboxylic acids is 1. The Morgan fingerprint density at radius 3 is 2.73 bits per heavy atom. The number of amides is 1. The molecule has 1 amide bonds. The molecule has 2 aromatic heterocycles. The number of benzene rings is 1. The van der Waals surface area contributed by atoms with E-state index >= 15 is 0 Å². The van der Waals surface area contributed by atoms with Gasteiger partial charge in [0, 0.05) is 31.3 Å².